The molecule has 2 rings (SSSR count). The molecule has 0 radical (unpaired) electrons. The van der Waals surface area contributed by atoms with Crippen molar-refractivity contribution in [2.24, 2.45) is 0 Å². The maximum absolute atomic E-state index is 12.2. The lowest BCUT2D eigenvalue weighted by atomic mass is 9.95. The van der Waals surface area contributed by atoms with E-state index in [0.29, 0.717) is 5.82 Å². The average Bonchev–Trinajstić information content (AvgIpc) is 2.42. The zero-order chi connectivity index (χ0) is 15.4. The van der Waals surface area contributed by atoms with Crippen molar-refractivity contribution >= 4 is 17.5 Å². The topological polar surface area (TPSA) is 64.0 Å². The molecule has 0 aromatic carbocycles. The molecule has 0 unspecified atom stereocenters. The fourth-order valence-corrected chi connectivity index (χ4v) is 2.94. The lowest BCUT2D eigenvalue weighted by Crippen LogP contribution is -2.40. The van der Waals surface area contributed by atoms with Crippen molar-refractivity contribution in [3.8, 4) is 0 Å². The Morgan fingerprint density at radius 2 is 2.10 bits per heavy atom. The SMILES string of the molecule is CC(C)c1nc(Cl)cc(=O)n1CC(=O)NC1CCCCC1. The van der Waals surface area contributed by atoms with E-state index < -0.39 is 0 Å². The van der Waals surface area contributed by atoms with Gasteiger partial charge in [0, 0.05) is 18.0 Å². The van der Waals surface area contributed by atoms with Gasteiger partial charge in [0.15, 0.2) is 0 Å². The van der Waals surface area contributed by atoms with Crippen molar-refractivity contribution in [1.82, 2.24) is 14.9 Å². The smallest absolute Gasteiger partial charge is 0.255 e. The highest BCUT2D eigenvalue weighted by Crippen LogP contribution is 2.17. The van der Waals surface area contributed by atoms with Gasteiger partial charge in [0.2, 0.25) is 5.91 Å². The molecule has 1 N–H and O–H groups in total. The fraction of sp³-hybridized carbons (Fsp3) is 0.667. The minimum Gasteiger partial charge on any atom is -0.352 e. The Labute approximate surface area is 129 Å². The molecule has 116 valence electrons. The van der Waals surface area contributed by atoms with Crippen molar-refractivity contribution in [3.63, 3.8) is 0 Å². The summed E-state index contributed by atoms with van der Waals surface area (Å²) in [6.07, 6.45) is 5.60. The summed E-state index contributed by atoms with van der Waals surface area (Å²) in [6.45, 7) is 3.86. The lowest BCUT2D eigenvalue weighted by molar-refractivity contribution is -0.122. The number of hydrogen-bond donors (Lipinski definition) is 1. The number of aromatic nitrogens is 2. The van der Waals surface area contributed by atoms with Crippen LogP contribution in [0.5, 0.6) is 0 Å². The van der Waals surface area contributed by atoms with Crippen molar-refractivity contribution in [2.75, 3.05) is 0 Å². The number of carbonyl (C=O) groups is 1. The Morgan fingerprint density at radius 1 is 1.43 bits per heavy atom. The van der Waals surface area contributed by atoms with Crippen LogP contribution in [0.15, 0.2) is 10.9 Å². The van der Waals surface area contributed by atoms with Gasteiger partial charge in [0.05, 0.1) is 0 Å². The van der Waals surface area contributed by atoms with Gasteiger partial charge >= 0.3 is 0 Å². The second-order valence-corrected chi connectivity index (χ2v) is 6.31. The first-order valence-electron chi connectivity index (χ1n) is 7.54. The lowest BCUT2D eigenvalue weighted by Gasteiger charge is -2.23. The van der Waals surface area contributed by atoms with Gasteiger partial charge in [0.25, 0.3) is 5.56 Å². The summed E-state index contributed by atoms with van der Waals surface area (Å²) in [5.41, 5.74) is -0.280. The fourth-order valence-electron chi connectivity index (χ4n) is 2.76. The first-order chi connectivity index (χ1) is 9.97. The van der Waals surface area contributed by atoms with E-state index >= 15 is 0 Å². The zero-order valence-corrected chi connectivity index (χ0v) is 13.3. The molecule has 0 spiro atoms. The van der Waals surface area contributed by atoms with E-state index in [4.69, 9.17) is 11.6 Å². The van der Waals surface area contributed by atoms with E-state index in [2.05, 4.69) is 10.3 Å². The molecule has 0 bridgehead atoms. The van der Waals surface area contributed by atoms with Gasteiger partial charge < -0.3 is 5.32 Å². The highest BCUT2D eigenvalue weighted by molar-refractivity contribution is 6.29. The molecule has 1 amide bonds. The number of carbonyl (C=O) groups excluding carboxylic acids is 1. The van der Waals surface area contributed by atoms with Crippen LogP contribution in [-0.4, -0.2) is 21.5 Å². The van der Waals surface area contributed by atoms with Crippen LogP contribution in [-0.2, 0) is 11.3 Å². The van der Waals surface area contributed by atoms with Crippen molar-refractivity contribution in [3.05, 3.63) is 27.4 Å². The minimum atomic E-state index is -0.280. The molecule has 1 aliphatic carbocycles. The average molecular weight is 312 g/mol. The molecule has 1 fully saturated rings. The van der Waals surface area contributed by atoms with Crippen LogP contribution in [0.2, 0.25) is 5.15 Å². The summed E-state index contributed by atoms with van der Waals surface area (Å²) >= 11 is 5.83. The van der Waals surface area contributed by atoms with Crippen LogP contribution >= 0.6 is 11.6 Å². The molecule has 21 heavy (non-hydrogen) atoms. The molecule has 1 saturated carbocycles. The van der Waals surface area contributed by atoms with Crippen LogP contribution in [0, 0.1) is 0 Å². The van der Waals surface area contributed by atoms with E-state index in [-0.39, 0.29) is 35.1 Å². The highest BCUT2D eigenvalue weighted by Gasteiger charge is 2.18. The predicted molar refractivity (Wildman–Crippen MR) is 82.6 cm³/mol. The van der Waals surface area contributed by atoms with Gasteiger partial charge in [-0.25, -0.2) is 4.98 Å². The second-order valence-electron chi connectivity index (χ2n) is 5.92. The number of nitrogens with zero attached hydrogens (tertiary/aromatic N) is 2. The van der Waals surface area contributed by atoms with Crippen molar-refractivity contribution < 1.29 is 4.79 Å². The first-order valence-corrected chi connectivity index (χ1v) is 7.92. The van der Waals surface area contributed by atoms with E-state index in [1.165, 1.54) is 17.1 Å². The van der Waals surface area contributed by atoms with Crippen LogP contribution < -0.4 is 10.9 Å². The number of hydrogen-bond acceptors (Lipinski definition) is 3. The standard InChI is InChI=1S/C15H22ClN3O2/c1-10(2)15-18-12(16)8-14(21)19(15)9-13(20)17-11-6-4-3-5-7-11/h8,10-11H,3-7,9H2,1-2H3,(H,17,20). The number of amides is 1. The monoisotopic (exact) mass is 311 g/mol. The van der Waals surface area contributed by atoms with Crippen molar-refractivity contribution in [2.45, 2.75) is 64.5 Å². The Kier molecular flexibility index (Phi) is 5.39. The van der Waals surface area contributed by atoms with Crippen molar-refractivity contribution in [1.29, 1.82) is 0 Å². The zero-order valence-electron chi connectivity index (χ0n) is 12.6. The predicted octanol–water partition coefficient (Wildman–Crippen LogP) is 2.47. The summed E-state index contributed by atoms with van der Waals surface area (Å²) in [4.78, 5) is 28.4. The summed E-state index contributed by atoms with van der Waals surface area (Å²) in [7, 11) is 0. The van der Waals surface area contributed by atoms with Crippen LogP contribution in [0.4, 0.5) is 0 Å². The van der Waals surface area contributed by atoms with E-state index in [1.54, 1.807) is 0 Å². The Balaban J connectivity index is 2.11. The normalized spacial score (nSPS) is 16.2. The van der Waals surface area contributed by atoms with Crippen LogP contribution in [0.1, 0.15) is 57.7 Å². The van der Waals surface area contributed by atoms with Gasteiger partial charge in [-0.1, -0.05) is 44.7 Å². The quantitative estimate of drug-likeness (QED) is 0.869. The van der Waals surface area contributed by atoms with E-state index in [1.807, 2.05) is 13.8 Å². The summed E-state index contributed by atoms with van der Waals surface area (Å²) in [5, 5.41) is 3.19. The second kappa shape index (κ2) is 7.07. The molecule has 0 aliphatic heterocycles. The molecule has 0 atom stereocenters. The largest absolute Gasteiger partial charge is 0.352 e. The molecule has 0 saturated heterocycles. The number of rotatable bonds is 4. The molecule has 5 nitrogen and oxygen atoms in total. The van der Waals surface area contributed by atoms with Crippen LogP contribution in [0.25, 0.3) is 0 Å². The minimum absolute atomic E-state index is 0.00696. The van der Waals surface area contributed by atoms with Crippen LogP contribution in [0.3, 0.4) is 0 Å². The van der Waals surface area contributed by atoms with E-state index in [0.717, 1.165) is 25.7 Å². The third-order valence-corrected chi connectivity index (χ3v) is 3.99. The van der Waals surface area contributed by atoms with Gasteiger partial charge in [-0.2, -0.15) is 0 Å². The Morgan fingerprint density at radius 3 is 2.71 bits per heavy atom. The third kappa shape index (κ3) is 4.30. The molecule has 1 aromatic heterocycles. The third-order valence-electron chi connectivity index (χ3n) is 3.79. The number of halogens is 1. The van der Waals surface area contributed by atoms with Gasteiger partial charge in [-0.05, 0) is 12.8 Å². The summed E-state index contributed by atoms with van der Waals surface area (Å²) in [6, 6.07) is 1.49. The molecular formula is C15H22ClN3O2. The van der Waals surface area contributed by atoms with Gasteiger partial charge in [-0.15, -0.1) is 0 Å². The maximum Gasteiger partial charge on any atom is 0.255 e. The first kappa shape index (κ1) is 16.0. The highest BCUT2D eigenvalue weighted by atomic mass is 35.5. The molecule has 1 aromatic rings. The molecule has 1 aliphatic rings. The summed E-state index contributed by atoms with van der Waals surface area (Å²) < 4.78 is 1.41. The van der Waals surface area contributed by atoms with Gasteiger partial charge in [-0.3, -0.25) is 14.2 Å². The van der Waals surface area contributed by atoms with E-state index in [9.17, 15) is 9.59 Å². The summed E-state index contributed by atoms with van der Waals surface area (Å²) in [5.74, 6) is 0.445. The Bertz CT molecular complexity index is 563. The number of nitrogens with one attached hydrogen (secondary N) is 1. The maximum atomic E-state index is 12.2. The molecule has 1 heterocycles. The Hall–Kier alpha value is -1.36. The molecule has 6 heteroatoms. The molecular weight excluding hydrogens is 290 g/mol. The van der Waals surface area contributed by atoms with Gasteiger partial charge in [0.1, 0.15) is 17.5 Å².